The van der Waals surface area contributed by atoms with Crippen LogP contribution in [0, 0.1) is 0 Å². The Balaban J connectivity index is 2.16. The van der Waals surface area contributed by atoms with Crippen LogP contribution in [0.3, 0.4) is 0 Å². The molecular weight excluding hydrogens is 174 g/mol. The van der Waals surface area contributed by atoms with Gasteiger partial charge in [-0.15, -0.1) is 0 Å². The van der Waals surface area contributed by atoms with Crippen LogP contribution < -0.4 is 5.73 Å². The molecule has 0 saturated carbocycles. The lowest BCUT2D eigenvalue weighted by molar-refractivity contribution is 1.04. The molecule has 0 aliphatic carbocycles. The molecule has 0 fully saturated rings. The molecule has 3 heteroatoms. The molecule has 3 nitrogen and oxygen atoms in total. The Kier molecular flexibility index (Phi) is 2.40. The lowest BCUT2D eigenvalue weighted by Gasteiger charge is -2.00. The maximum absolute atomic E-state index is 5.45. The Hall–Kier alpha value is -1.90. The molecule has 0 saturated heterocycles. The van der Waals surface area contributed by atoms with Crippen LogP contribution in [-0.2, 0) is 6.42 Å². The zero-order valence-electron chi connectivity index (χ0n) is 7.72. The van der Waals surface area contributed by atoms with E-state index in [2.05, 4.69) is 22.1 Å². The lowest BCUT2D eigenvalue weighted by atomic mass is 10.1. The number of rotatable bonds is 2. The van der Waals surface area contributed by atoms with Crippen LogP contribution in [0.4, 0.5) is 5.82 Å². The summed E-state index contributed by atoms with van der Waals surface area (Å²) in [6, 6.07) is 10.2. The Labute approximate surface area is 82.6 Å². The van der Waals surface area contributed by atoms with Crippen molar-refractivity contribution in [3.8, 4) is 0 Å². The first kappa shape index (κ1) is 8.69. The summed E-state index contributed by atoms with van der Waals surface area (Å²) >= 11 is 0. The zero-order chi connectivity index (χ0) is 9.80. The maximum atomic E-state index is 5.45. The molecule has 2 rings (SSSR count). The van der Waals surface area contributed by atoms with Crippen LogP contribution >= 0.6 is 0 Å². The standard InChI is InChI=1S/C11H11N3/c12-11-8-13-10(7-14-11)6-9-4-2-1-3-5-9/h1-5,7-8H,6H2,(H2,12,14). The zero-order valence-corrected chi connectivity index (χ0v) is 7.72. The molecule has 0 aliphatic rings. The van der Waals surface area contributed by atoms with Gasteiger partial charge in [0, 0.05) is 6.42 Å². The Morgan fingerprint density at radius 2 is 1.79 bits per heavy atom. The summed E-state index contributed by atoms with van der Waals surface area (Å²) in [5.74, 6) is 0.460. The summed E-state index contributed by atoms with van der Waals surface area (Å²) in [6.45, 7) is 0. The fraction of sp³-hybridized carbons (Fsp3) is 0.0909. The first-order valence-corrected chi connectivity index (χ1v) is 4.45. The number of hydrogen-bond acceptors (Lipinski definition) is 3. The normalized spacial score (nSPS) is 10.0. The molecule has 14 heavy (non-hydrogen) atoms. The molecule has 2 aromatic rings. The van der Waals surface area contributed by atoms with Gasteiger partial charge in [0.2, 0.25) is 0 Å². The summed E-state index contributed by atoms with van der Waals surface area (Å²) in [5.41, 5.74) is 7.61. The van der Waals surface area contributed by atoms with Crippen molar-refractivity contribution in [2.24, 2.45) is 0 Å². The smallest absolute Gasteiger partial charge is 0.141 e. The molecule has 1 heterocycles. The van der Waals surface area contributed by atoms with E-state index in [9.17, 15) is 0 Å². The number of aromatic nitrogens is 2. The van der Waals surface area contributed by atoms with Gasteiger partial charge in [0.15, 0.2) is 0 Å². The molecule has 70 valence electrons. The number of hydrogen-bond donors (Lipinski definition) is 1. The third kappa shape index (κ3) is 2.07. The highest BCUT2D eigenvalue weighted by Crippen LogP contribution is 2.06. The molecule has 1 aromatic carbocycles. The second-order valence-electron chi connectivity index (χ2n) is 3.09. The largest absolute Gasteiger partial charge is 0.382 e. The molecule has 0 amide bonds. The maximum Gasteiger partial charge on any atom is 0.141 e. The van der Waals surface area contributed by atoms with Crippen molar-refractivity contribution in [3.63, 3.8) is 0 Å². The first-order valence-electron chi connectivity index (χ1n) is 4.45. The Morgan fingerprint density at radius 3 is 2.43 bits per heavy atom. The molecule has 1 aromatic heterocycles. The molecule has 0 unspecified atom stereocenters. The number of nitrogen functional groups attached to an aromatic ring is 1. The number of nitrogens with zero attached hydrogens (tertiary/aromatic N) is 2. The first-order chi connectivity index (χ1) is 6.84. The van der Waals surface area contributed by atoms with Gasteiger partial charge in [-0.3, -0.25) is 4.98 Å². The lowest BCUT2D eigenvalue weighted by Crippen LogP contribution is -1.96. The third-order valence-electron chi connectivity index (χ3n) is 1.95. The SMILES string of the molecule is Nc1cnc(Cc2ccccc2)cn1. The predicted molar refractivity (Wildman–Crippen MR) is 55.7 cm³/mol. The van der Waals surface area contributed by atoms with Gasteiger partial charge in [-0.1, -0.05) is 30.3 Å². The number of benzene rings is 1. The molecule has 0 atom stereocenters. The average Bonchev–Trinajstić information content (AvgIpc) is 2.23. The van der Waals surface area contributed by atoms with Crippen molar-refractivity contribution in [2.45, 2.75) is 6.42 Å². The third-order valence-corrected chi connectivity index (χ3v) is 1.95. The van der Waals surface area contributed by atoms with Crippen LogP contribution in [-0.4, -0.2) is 9.97 Å². The van der Waals surface area contributed by atoms with Crippen LogP contribution in [0.5, 0.6) is 0 Å². The van der Waals surface area contributed by atoms with Crippen molar-refractivity contribution in [1.82, 2.24) is 9.97 Å². The van der Waals surface area contributed by atoms with Crippen molar-refractivity contribution in [1.29, 1.82) is 0 Å². The quantitative estimate of drug-likeness (QED) is 0.774. The molecule has 0 radical (unpaired) electrons. The minimum Gasteiger partial charge on any atom is -0.382 e. The van der Waals surface area contributed by atoms with E-state index in [-0.39, 0.29) is 0 Å². The van der Waals surface area contributed by atoms with E-state index >= 15 is 0 Å². The fourth-order valence-corrected chi connectivity index (χ4v) is 1.26. The second-order valence-corrected chi connectivity index (χ2v) is 3.09. The highest BCUT2D eigenvalue weighted by Gasteiger charge is 1.96. The molecule has 0 aliphatic heterocycles. The highest BCUT2D eigenvalue weighted by molar-refractivity contribution is 5.25. The van der Waals surface area contributed by atoms with Crippen LogP contribution in [0.15, 0.2) is 42.7 Å². The van der Waals surface area contributed by atoms with Crippen LogP contribution in [0.2, 0.25) is 0 Å². The molecule has 0 bridgehead atoms. The van der Waals surface area contributed by atoms with E-state index in [1.165, 1.54) is 5.56 Å². The van der Waals surface area contributed by atoms with Crippen LogP contribution in [0.25, 0.3) is 0 Å². The van der Waals surface area contributed by atoms with E-state index in [0.29, 0.717) is 5.82 Å². The van der Waals surface area contributed by atoms with Crippen LogP contribution in [0.1, 0.15) is 11.3 Å². The van der Waals surface area contributed by atoms with E-state index < -0.39 is 0 Å². The van der Waals surface area contributed by atoms with E-state index in [4.69, 9.17) is 5.73 Å². The average molecular weight is 185 g/mol. The van der Waals surface area contributed by atoms with Gasteiger partial charge in [-0.05, 0) is 5.56 Å². The summed E-state index contributed by atoms with van der Waals surface area (Å²) in [4.78, 5) is 8.18. The fourth-order valence-electron chi connectivity index (χ4n) is 1.26. The molecular formula is C11H11N3. The summed E-state index contributed by atoms with van der Waals surface area (Å²) < 4.78 is 0. The second kappa shape index (κ2) is 3.87. The van der Waals surface area contributed by atoms with E-state index in [1.807, 2.05) is 18.2 Å². The molecule has 2 N–H and O–H groups in total. The van der Waals surface area contributed by atoms with E-state index in [0.717, 1.165) is 12.1 Å². The molecule has 0 spiro atoms. The minimum absolute atomic E-state index is 0.460. The van der Waals surface area contributed by atoms with Gasteiger partial charge in [0.25, 0.3) is 0 Å². The topological polar surface area (TPSA) is 51.8 Å². The minimum atomic E-state index is 0.460. The summed E-state index contributed by atoms with van der Waals surface area (Å²) in [6.07, 6.45) is 4.09. The summed E-state index contributed by atoms with van der Waals surface area (Å²) in [5, 5.41) is 0. The van der Waals surface area contributed by atoms with Crippen molar-refractivity contribution in [2.75, 3.05) is 5.73 Å². The monoisotopic (exact) mass is 185 g/mol. The number of nitrogens with two attached hydrogens (primary N) is 1. The van der Waals surface area contributed by atoms with Gasteiger partial charge in [0.05, 0.1) is 18.1 Å². The van der Waals surface area contributed by atoms with Gasteiger partial charge < -0.3 is 5.73 Å². The van der Waals surface area contributed by atoms with Gasteiger partial charge in [-0.2, -0.15) is 0 Å². The van der Waals surface area contributed by atoms with Crippen molar-refractivity contribution in [3.05, 3.63) is 54.0 Å². The van der Waals surface area contributed by atoms with Gasteiger partial charge in [0.1, 0.15) is 5.82 Å². The highest BCUT2D eigenvalue weighted by atomic mass is 14.9. The van der Waals surface area contributed by atoms with Crippen molar-refractivity contribution < 1.29 is 0 Å². The number of anilines is 1. The van der Waals surface area contributed by atoms with Gasteiger partial charge >= 0.3 is 0 Å². The Bertz CT molecular complexity index is 395. The Morgan fingerprint density at radius 1 is 1.00 bits per heavy atom. The van der Waals surface area contributed by atoms with Crippen molar-refractivity contribution >= 4 is 5.82 Å². The van der Waals surface area contributed by atoms with Gasteiger partial charge in [-0.25, -0.2) is 4.98 Å². The summed E-state index contributed by atoms with van der Waals surface area (Å²) in [7, 11) is 0. The predicted octanol–water partition coefficient (Wildman–Crippen LogP) is 1.65. The van der Waals surface area contributed by atoms with E-state index in [1.54, 1.807) is 12.4 Å².